The van der Waals surface area contributed by atoms with Crippen molar-refractivity contribution in [3.63, 3.8) is 0 Å². The lowest BCUT2D eigenvalue weighted by Gasteiger charge is -2.22. The summed E-state index contributed by atoms with van der Waals surface area (Å²) in [5.74, 6) is -0.0611. The second-order valence-corrected chi connectivity index (χ2v) is 22.8. The van der Waals surface area contributed by atoms with Gasteiger partial charge in [-0.3, -0.25) is 9.59 Å². The van der Waals surface area contributed by atoms with E-state index in [0.717, 1.165) is 57.8 Å². The Morgan fingerprint density at radius 1 is 0.375 bits per heavy atom. The summed E-state index contributed by atoms with van der Waals surface area (Å²) in [5, 5.41) is 23.4. The van der Waals surface area contributed by atoms with E-state index in [2.05, 4.69) is 31.3 Å². The van der Waals surface area contributed by atoms with Gasteiger partial charge in [0.25, 0.3) is 0 Å². The van der Waals surface area contributed by atoms with Gasteiger partial charge in [-0.15, -0.1) is 0 Å². The molecule has 0 saturated heterocycles. The van der Waals surface area contributed by atoms with Gasteiger partial charge in [0.2, 0.25) is 5.91 Å². The van der Waals surface area contributed by atoms with Gasteiger partial charge in [-0.1, -0.05) is 321 Å². The molecule has 1 amide bonds. The molecule has 0 saturated carbocycles. The smallest absolute Gasteiger partial charge is 0.305 e. The molecule has 0 spiro atoms. The Hall–Kier alpha value is -1.40. The third-order valence-corrected chi connectivity index (χ3v) is 15.6. The van der Waals surface area contributed by atoms with Crippen LogP contribution in [0.2, 0.25) is 0 Å². The largest absolute Gasteiger partial charge is 0.466 e. The van der Waals surface area contributed by atoms with Crippen molar-refractivity contribution in [3.05, 3.63) is 12.2 Å². The minimum Gasteiger partial charge on any atom is -0.466 e. The number of carbonyl (C=O) groups is 2. The fourth-order valence-corrected chi connectivity index (χ4v) is 10.5. The molecule has 0 aromatic rings. The standard InChI is InChI=1S/C66H129NO5/c1-3-5-7-9-11-13-15-17-19-21-23-24-25-26-27-28-30-31-33-35-38-42-46-50-54-58-64(69)63(62-68)67-65(70)59-55-51-47-43-39-37-41-45-49-53-57-61-72-66(71)60-56-52-48-44-40-36-34-32-29-22-20-18-16-14-12-10-8-6-4-2/h18,20,63-64,68-69H,3-17,19,21-62H2,1-2H3,(H,67,70)/b20-18-. The third kappa shape index (κ3) is 57.9. The van der Waals surface area contributed by atoms with Crippen molar-refractivity contribution in [3.8, 4) is 0 Å². The zero-order valence-corrected chi connectivity index (χ0v) is 48.9. The molecule has 72 heavy (non-hydrogen) atoms. The lowest BCUT2D eigenvalue weighted by atomic mass is 10.0. The number of hydrogen-bond donors (Lipinski definition) is 3. The molecular weight excluding hydrogens is 887 g/mol. The van der Waals surface area contributed by atoms with Crippen LogP contribution in [-0.2, 0) is 14.3 Å². The van der Waals surface area contributed by atoms with Crippen LogP contribution in [0.15, 0.2) is 12.2 Å². The molecule has 0 heterocycles. The van der Waals surface area contributed by atoms with Crippen LogP contribution in [0.5, 0.6) is 0 Å². The highest BCUT2D eigenvalue weighted by Gasteiger charge is 2.20. The maximum atomic E-state index is 12.5. The third-order valence-electron chi connectivity index (χ3n) is 15.6. The summed E-state index contributed by atoms with van der Waals surface area (Å²) in [5.41, 5.74) is 0. The lowest BCUT2D eigenvalue weighted by Crippen LogP contribution is -2.45. The predicted molar refractivity (Wildman–Crippen MR) is 315 cm³/mol. The number of esters is 1. The second kappa shape index (κ2) is 62.1. The first-order chi connectivity index (χ1) is 35.5. The first-order valence-corrected chi connectivity index (χ1v) is 32.9. The Kier molecular flexibility index (Phi) is 60.9. The molecular formula is C66H129NO5. The monoisotopic (exact) mass is 1020 g/mol. The molecule has 2 atom stereocenters. The van der Waals surface area contributed by atoms with E-state index in [1.165, 1.54) is 283 Å². The molecule has 0 bridgehead atoms. The second-order valence-electron chi connectivity index (χ2n) is 22.8. The van der Waals surface area contributed by atoms with E-state index in [9.17, 15) is 19.8 Å². The van der Waals surface area contributed by atoms with Gasteiger partial charge in [0, 0.05) is 12.8 Å². The normalized spacial score (nSPS) is 12.6. The molecule has 0 rings (SSSR count). The van der Waals surface area contributed by atoms with Crippen molar-refractivity contribution < 1.29 is 24.5 Å². The van der Waals surface area contributed by atoms with Crippen molar-refractivity contribution in [2.45, 2.75) is 386 Å². The summed E-state index contributed by atoms with van der Waals surface area (Å²) >= 11 is 0. The molecule has 0 aliphatic carbocycles. The zero-order valence-electron chi connectivity index (χ0n) is 48.9. The van der Waals surface area contributed by atoms with Crippen LogP contribution in [0.3, 0.4) is 0 Å². The van der Waals surface area contributed by atoms with Gasteiger partial charge in [-0.2, -0.15) is 0 Å². The summed E-state index contributed by atoms with van der Waals surface area (Å²) in [6.45, 7) is 4.95. The Bertz CT molecular complexity index is 1080. The summed E-state index contributed by atoms with van der Waals surface area (Å²) in [4.78, 5) is 24.7. The van der Waals surface area contributed by atoms with Gasteiger partial charge < -0.3 is 20.3 Å². The van der Waals surface area contributed by atoms with Crippen molar-refractivity contribution >= 4 is 11.9 Å². The van der Waals surface area contributed by atoms with Crippen molar-refractivity contribution in [2.75, 3.05) is 13.2 Å². The topological polar surface area (TPSA) is 95.9 Å². The van der Waals surface area contributed by atoms with Crippen LogP contribution in [0.4, 0.5) is 0 Å². The van der Waals surface area contributed by atoms with Gasteiger partial charge in [0.15, 0.2) is 0 Å². The van der Waals surface area contributed by atoms with Gasteiger partial charge in [-0.05, 0) is 51.4 Å². The number of aliphatic hydroxyl groups excluding tert-OH is 2. The maximum Gasteiger partial charge on any atom is 0.305 e. The van der Waals surface area contributed by atoms with Crippen molar-refractivity contribution in [2.24, 2.45) is 0 Å². The van der Waals surface area contributed by atoms with E-state index in [4.69, 9.17) is 4.74 Å². The molecule has 0 fully saturated rings. The summed E-state index contributed by atoms with van der Waals surface area (Å²) in [7, 11) is 0. The lowest BCUT2D eigenvalue weighted by molar-refractivity contribution is -0.143. The van der Waals surface area contributed by atoms with E-state index >= 15 is 0 Å². The van der Waals surface area contributed by atoms with Crippen molar-refractivity contribution in [1.29, 1.82) is 0 Å². The SMILES string of the molecule is CCCCCCCC/C=C\CCCCCCCCCCCC(=O)OCCCCCCCCCCCCCC(=O)NC(CO)C(O)CCCCCCCCCCCCCCCCCCCCCCCCCCC. The minimum atomic E-state index is -0.678. The molecule has 0 radical (unpaired) electrons. The number of amides is 1. The van der Waals surface area contributed by atoms with Crippen molar-refractivity contribution in [1.82, 2.24) is 5.32 Å². The number of carbonyl (C=O) groups excluding carboxylic acids is 2. The molecule has 428 valence electrons. The number of ether oxygens (including phenoxy) is 1. The van der Waals surface area contributed by atoms with E-state index < -0.39 is 12.1 Å². The number of rotatable bonds is 62. The molecule has 0 aromatic carbocycles. The Balaban J connectivity index is 3.43. The number of nitrogens with one attached hydrogen (secondary N) is 1. The summed E-state index contributed by atoms with van der Waals surface area (Å²) in [6.07, 6.45) is 75.1. The highest BCUT2D eigenvalue weighted by atomic mass is 16.5. The highest BCUT2D eigenvalue weighted by Crippen LogP contribution is 2.19. The van der Waals surface area contributed by atoms with Gasteiger partial charge in [0.1, 0.15) is 0 Å². The van der Waals surface area contributed by atoms with E-state index in [1.54, 1.807) is 0 Å². The van der Waals surface area contributed by atoms with E-state index in [1.807, 2.05) is 0 Å². The number of allylic oxidation sites excluding steroid dienone is 2. The molecule has 6 heteroatoms. The van der Waals surface area contributed by atoms with Crippen LogP contribution in [0, 0.1) is 0 Å². The fourth-order valence-electron chi connectivity index (χ4n) is 10.5. The number of unbranched alkanes of at least 4 members (excludes halogenated alkanes) is 49. The Labute approximate surface area is 450 Å². The summed E-state index contributed by atoms with van der Waals surface area (Å²) < 4.78 is 5.49. The quantitative estimate of drug-likeness (QED) is 0.0320. The average molecular weight is 1020 g/mol. The Morgan fingerprint density at radius 2 is 0.653 bits per heavy atom. The number of aliphatic hydroxyl groups is 2. The van der Waals surface area contributed by atoms with Gasteiger partial charge in [-0.25, -0.2) is 0 Å². The first-order valence-electron chi connectivity index (χ1n) is 32.9. The molecule has 0 aromatic heterocycles. The van der Waals surface area contributed by atoms with Gasteiger partial charge >= 0.3 is 5.97 Å². The maximum absolute atomic E-state index is 12.5. The predicted octanol–water partition coefficient (Wildman–Crippen LogP) is 20.8. The molecule has 0 aliphatic rings. The van der Waals surface area contributed by atoms with Crippen LogP contribution >= 0.6 is 0 Å². The van der Waals surface area contributed by atoms with Gasteiger partial charge in [0.05, 0.1) is 25.4 Å². The minimum absolute atomic E-state index is 0.0123. The molecule has 6 nitrogen and oxygen atoms in total. The zero-order chi connectivity index (χ0) is 52.2. The van der Waals surface area contributed by atoms with Crippen LogP contribution < -0.4 is 5.32 Å². The fraction of sp³-hybridized carbons (Fsp3) is 0.939. The average Bonchev–Trinajstić information content (AvgIpc) is 3.38. The molecule has 3 N–H and O–H groups in total. The molecule has 2 unspecified atom stereocenters. The molecule has 0 aliphatic heterocycles. The van der Waals surface area contributed by atoms with Crippen LogP contribution in [0.25, 0.3) is 0 Å². The first kappa shape index (κ1) is 70.6. The van der Waals surface area contributed by atoms with Crippen LogP contribution in [-0.4, -0.2) is 47.4 Å². The summed E-state index contributed by atoms with van der Waals surface area (Å²) in [6, 6.07) is -0.557. The number of hydrogen-bond acceptors (Lipinski definition) is 5. The van der Waals surface area contributed by atoms with E-state index in [0.29, 0.717) is 25.9 Å². The van der Waals surface area contributed by atoms with Crippen LogP contribution in [0.1, 0.15) is 373 Å². The Morgan fingerprint density at radius 3 is 0.986 bits per heavy atom. The highest BCUT2D eigenvalue weighted by molar-refractivity contribution is 5.76. The van der Waals surface area contributed by atoms with E-state index in [-0.39, 0.29) is 18.5 Å².